The molecule has 0 saturated carbocycles. The van der Waals surface area contributed by atoms with Crippen molar-refractivity contribution in [3.05, 3.63) is 47.6 Å². The number of rotatable bonds is 5. The molecule has 3 aromatic rings. The lowest BCUT2D eigenvalue weighted by Crippen LogP contribution is -2.43. The minimum absolute atomic E-state index is 0.195. The number of hydrogen-bond acceptors (Lipinski definition) is 4. The van der Waals surface area contributed by atoms with Gasteiger partial charge < -0.3 is 9.14 Å². The van der Waals surface area contributed by atoms with Crippen molar-refractivity contribution in [2.24, 2.45) is 0 Å². The fourth-order valence-corrected chi connectivity index (χ4v) is 3.42. The van der Waals surface area contributed by atoms with Crippen molar-refractivity contribution in [1.82, 2.24) is 4.40 Å². The van der Waals surface area contributed by atoms with Crippen LogP contribution in [0.25, 0.3) is 16.0 Å². The van der Waals surface area contributed by atoms with E-state index in [1.165, 1.54) is 14.1 Å². The maximum Gasteiger partial charge on any atom is 0.351 e. The third-order valence-corrected chi connectivity index (χ3v) is 4.80. The summed E-state index contributed by atoms with van der Waals surface area (Å²) >= 11 is 1.59. The first-order valence-electron chi connectivity index (χ1n) is 7.80. The van der Waals surface area contributed by atoms with E-state index in [-0.39, 0.29) is 12.3 Å². The molecule has 5 nitrogen and oxygen atoms in total. The van der Waals surface area contributed by atoms with Crippen LogP contribution in [0.3, 0.4) is 0 Å². The predicted octanol–water partition coefficient (Wildman–Crippen LogP) is 3.60. The number of ether oxygens (including phenoxy) is 1. The lowest BCUT2D eigenvalue weighted by molar-refractivity contribution is -1.01. The Balaban J connectivity index is 1.88. The van der Waals surface area contributed by atoms with Crippen molar-refractivity contribution in [1.29, 1.82) is 0 Å². The van der Waals surface area contributed by atoms with Gasteiger partial charge in [0.15, 0.2) is 0 Å². The predicted molar refractivity (Wildman–Crippen MR) is 94.5 cm³/mol. The first-order valence-corrected chi connectivity index (χ1v) is 8.68. The molecule has 0 aliphatic rings. The molecular weight excluding hydrogens is 324 g/mol. The third kappa shape index (κ3) is 3.36. The van der Waals surface area contributed by atoms with E-state index < -0.39 is 4.65 Å². The normalized spacial score (nSPS) is 11.8. The van der Waals surface area contributed by atoms with Crippen molar-refractivity contribution in [3.63, 3.8) is 0 Å². The third-order valence-electron chi connectivity index (χ3n) is 3.85. The zero-order valence-corrected chi connectivity index (χ0v) is 14.8. The van der Waals surface area contributed by atoms with Crippen molar-refractivity contribution in [3.8, 4) is 16.9 Å². The van der Waals surface area contributed by atoms with Crippen LogP contribution in [-0.4, -0.2) is 40.9 Å². The Labute approximate surface area is 144 Å². The quantitative estimate of drug-likeness (QED) is 0.437. The topological polar surface area (TPSA) is 50.9 Å². The summed E-state index contributed by atoms with van der Waals surface area (Å²) in [6.07, 6.45) is 2.22. The molecule has 0 radical (unpaired) electrons. The van der Waals surface area contributed by atoms with Gasteiger partial charge in [-0.25, -0.2) is 10.0 Å². The summed E-state index contributed by atoms with van der Waals surface area (Å²) < 4.78 is 6.82. The van der Waals surface area contributed by atoms with E-state index in [0.717, 1.165) is 27.4 Å². The van der Waals surface area contributed by atoms with Gasteiger partial charge in [-0.3, -0.25) is 0 Å². The Morgan fingerprint density at radius 2 is 1.96 bits per heavy atom. The number of thiazole rings is 1. The number of hydroxylamine groups is 3. The van der Waals surface area contributed by atoms with Crippen molar-refractivity contribution < 1.29 is 19.4 Å². The molecule has 1 amide bonds. The summed E-state index contributed by atoms with van der Waals surface area (Å²) in [5, 5.41) is 11.7. The number of aromatic nitrogens is 1. The fraction of sp³-hybridized carbons (Fsp3) is 0.278. The zero-order valence-electron chi connectivity index (χ0n) is 14.0. The molecule has 0 fully saturated rings. The molecule has 1 aromatic carbocycles. The molecule has 0 saturated heterocycles. The SMILES string of the molecule is CCOc1ccc(-c2cc3scc(CC(=O)[N+](C)(C)O)n3c2)cc1. The Hall–Kier alpha value is -2.15. The number of likely N-dealkylation sites (N-methyl/N-ethyl adjacent to an activating group) is 1. The van der Waals surface area contributed by atoms with E-state index in [0.29, 0.717) is 6.61 Å². The summed E-state index contributed by atoms with van der Waals surface area (Å²) in [6, 6.07) is 10.1. The van der Waals surface area contributed by atoms with Crippen LogP contribution in [0.4, 0.5) is 0 Å². The second-order valence-electron chi connectivity index (χ2n) is 6.09. The van der Waals surface area contributed by atoms with E-state index in [1.807, 2.05) is 47.2 Å². The molecule has 2 aromatic heterocycles. The van der Waals surface area contributed by atoms with Crippen LogP contribution in [-0.2, 0) is 11.2 Å². The molecule has 0 spiro atoms. The number of quaternary nitrogens is 1. The summed E-state index contributed by atoms with van der Waals surface area (Å²) in [5.74, 6) is 0.613. The Morgan fingerprint density at radius 1 is 1.25 bits per heavy atom. The molecule has 6 heteroatoms. The summed E-state index contributed by atoms with van der Waals surface area (Å²) in [6.45, 7) is 2.61. The number of benzene rings is 1. The summed E-state index contributed by atoms with van der Waals surface area (Å²) in [5.41, 5.74) is 3.08. The smallest absolute Gasteiger partial charge is 0.351 e. The number of nitrogens with zero attached hydrogens (tertiary/aromatic N) is 2. The van der Waals surface area contributed by atoms with Gasteiger partial charge in [0.05, 0.1) is 11.4 Å². The molecule has 126 valence electrons. The highest BCUT2D eigenvalue weighted by molar-refractivity contribution is 7.15. The molecule has 0 aliphatic heterocycles. The van der Waals surface area contributed by atoms with E-state index >= 15 is 0 Å². The number of carbonyl (C=O) groups is 1. The highest BCUT2D eigenvalue weighted by Crippen LogP contribution is 2.28. The van der Waals surface area contributed by atoms with Gasteiger partial charge in [-0.15, -0.1) is 16.0 Å². The van der Waals surface area contributed by atoms with E-state index in [4.69, 9.17) is 4.74 Å². The zero-order chi connectivity index (χ0) is 17.3. The van der Waals surface area contributed by atoms with Crippen LogP contribution >= 0.6 is 11.3 Å². The average molecular weight is 345 g/mol. The second kappa shape index (κ2) is 6.39. The van der Waals surface area contributed by atoms with Gasteiger partial charge in [0.2, 0.25) is 0 Å². The van der Waals surface area contributed by atoms with E-state index in [9.17, 15) is 10.0 Å². The Morgan fingerprint density at radius 3 is 2.58 bits per heavy atom. The van der Waals surface area contributed by atoms with Gasteiger partial charge in [-0.05, 0) is 30.7 Å². The van der Waals surface area contributed by atoms with Crippen LogP contribution in [0, 0.1) is 0 Å². The molecule has 2 heterocycles. The standard InChI is InChI=1S/C18H21N2O3S/c1-4-23-16-7-5-13(6-8-16)14-9-17-19(11-14)15(12-24-17)10-18(21)20(2,3)22/h5-9,11-12,22H,4,10H2,1-3H3/q+1. The number of hydrogen-bond donors (Lipinski definition) is 1. The molecule has 0 aliphatic carbocycles. The van der Waals surface area contributed by atoms with Gasteiger partial charge in [0.1, 0.15) is 26.3 Å². The van der Waals surface area contributed by atoms with Crippen LogP contribution in [0.15, 0.2) is 41.9 Å². The molecule has 0 unspecified atom stereocenters. The number of carbonyl (C=O) groups excluding carboxylic acids is 1. The van der Waals surface area contributed by atoms with Crippen molar-refractivity contribution in [2.45, 2.75) is 13.3 Å². The average Bonchev–Trinajstić information content (AvgIpc) is 3.09. The lowest BCUT2D eigenvalue weighted by atomic mass is 10.1. The first kappa shape index (κ1) is 16.7. The van der Waals surface area contributed by atoms with Gasteiger partial charge in [0, 0.05) is 22.8 Å². The van der Waals surface area contributed by atoms with Gasteiger partial charge in [-0.1, -0.05) is 12.1 Å². The fourth-order valence-electron chi connectivity index (χ4n) is 2.49. The molecule has 0 bridgehead atoms. The summed E-state index contributed by atoms with van der Waals surface area (Å²) in [4.78, 5) is 13.1. The maximum absolute atomic E-state index is 12.1. The molecule has 24 heavy (non-hydrogen) atoms. The molecule has 1 N–H and O–H groups in total. The van der Waals surface area contributed by atoms with Gasteiger partial charge in [0.25, 0.3) is 0 Å². The Bertz CT molecular complexity index is 857. The van der Waals surface area contributed by atoms with Crippen LogP contribution in [0.5, 0.6) is 5.75 Å². The second-order valence-corrected chi connectivity index (χ2v) is 6.98. The molecule has 3 rings (SSSR count). The minimum Gasteiger partial charge on any atom is -0.494 e. The largest absolute Gasteiger partial charge is 0.494 e. The van der Waals surface area contributed by atoms with E-state index in [1.54, 1.807) is 11.3 Å². The molecule has 0 atom stereocenters. The number of fused-ring (bicyclic) bond motifs is 1. The lowest BCUT2D eigenvalue weighted by Gasteiger charge is -2.15. The molecular formula is C18H21N2O3S+. The van der Waals surface area contributed by atoms with Gasteiger partial charge in [-0.2, -0.15) is 0 Å². The van der Waals surface area contributed by atoms with Crippen LogP contribution in [0.2, 0.25) is 0 Å². The van der Waals surface area contributed by atoms with Crippen LogP contribution in [0.1, 0.15) is 12.6 Å². The Kier molecular flexibility index (Phi) is 4.45. The van der Waals surface area contributed by atoms with Crippen molar-refractivity contribution >= 4 is 22.1 Å². The van der Waals surface area contributed by atoms with Crippen LogP contribution < -0.4 is 4.74 Å². The number of amides is 1. The monoisotopic (exact) mass is 345 g/mol. The van der Waals surface area contributed by atoms with Crippen molar-refractivity contribution in [2.75, 3.05) is 20.7 Å². The highest BCUT2D eigenvalue weighted by atomic mass is 32.1. The minimum atomic E-state index is -0.662. The summed E-state index contributed by atoms with van der Waals surface area (Å²) in [7, 11) is 2.93. The van der Waals surface area contributed by atoms with Gasteiger partial charge >= 0.3 is 5.91 Å². The maximum atomic E-state index is 12.1. The van der Waals surface area contributed by atoms with E-state index in [2.05, 4.69) is 6.07 Å². The highest BCUT2D eigenvalue weighted by Gasteiger charge is 2.25. The first-order chi connectivity index (χ1) is 11.4.